The summed E-state index contributed by atoms with van der Waals surface area (Å²) in [5, 5.41) is 23.2. The molecule has 0 aliphatic rings. The maximum Gasteiger partial charge on any atom is 0.319 e. The predicted molar refractivity (Wildman–Crippen MR) is 94.1 cm³/mol. The number of carboxylic acid groups (broad SMARTS) is 1. The van der Waals surface area contributed by atoms with Crippen LogP contribution in [0.2, 0.25) is 0 Å². The van der Waals surface area contributed by atoms with Crippen LogP contribution in [0.3, 0.4) is 0 Å². The van der Waals surface area contributed by atoms with Gasteiger partial charge in [-0.15, -0.1) is 0 Å². The second-order valence-corrected chi connectivity index (χ2v) is 5.53. The van der Waals surface area contributed by atoms with Crippen molar-refractivity contribution in [1.82, 2.24) is 5.32 Å². The standard InChI is InChI=1S/C19H19N3O3/c1-2-13-3-7-15(8-4-13)17(11-18(23)24)22-19(25)21-16-9-5-14(12-20)6-10-16/h3-10,17H,2,11H2,1H3,(H,23,24)(H2,21,22,25). The number of hydrogen-bond acceptors (Lipinski definition) is 3. The van der Waals surface area contributed by atoms with E-state index >= 15 is 0 Å². The van der Waals surface area contributed by atoms with E-state index in [9.17, 15) is 9.59 Å². The Morgan fingerprint density at radius 3 is 2.28 bits per heavy atom. The van der Waals surface area contributed by atoms with Crippen molar-refractivity contribution in [2.75, 3.05) is 5.32 Å². The van der Waals surface area contributed by atoms with Crippen LogP contribution >= 0.6 is 0 Å². The molecular formula is C19H19N3O3. The fourth-order valence-corrected chi connectivity index (χ4v) is 2.37. The van der Waals surface area contributed by atoms with Crippen LogP contribution < -0.4 is 10.6 Å². The highest BCUT2D eigenvalue weighted by molar-refractivity contribution is 5.89. The first kappa shape index (κ1) is 18.0. The molecular weight excluding hydrogens is 318 g/mol. The molecule has 2 aromatic carbocycles. The van der Waals surface area contributed by atoms with E-state index in [1.54, 1.807) is 24.3 Å². The van der Waals surface area contributed by atoms with Gasteiger partial charge in [-0.1, -0.05) is 31.2 Å². The normalized spacial score (nSPS) is 11.2. The number of carbonyl (C=O) groups is 2. The van der Waals surface area contributed by atoms with Gasteiger partial charge in [0.2, 0.25) is 0 Å². The van der Waals surface area contributed by atoms with Crippen molar-refractivity contribution >= 4 is 17.7 Å². The van der Waals surface area contributed by atoms with Gasteiger partial charge in [-0.05, 0) is 41.8 Å². The van der Waals surface area contributed by atoms with E-state index in [4.69, 9.17) is 10.4 Å². The van der Waals surface area contributed by atoms with Gasteiger partial charge in [-0.25, -0.2) is 4.79 Å². The summed E-state index contributed by atoms with van der Waals surface area (Å²) in [5.41, 5.74) is 2.88. The van der Waals surface area contributed by atoms with Gasteiger partial charge >= 0.3 is 12.0 Å². The second-order valence-electron chi connectivity index (χ2n) is 5.53. The first-order chi connectivity index (χ1) is 12.0. The molecule has 0 aliphatic carbocycles. The molecule has 0 fully saturated rings. The SMILES string of the molecule is CCc1ccc(C(CC(=O)O)NC(=O)Nc2ccc(C#N)cc2)cc1. The summed E-state index contributed by atoms with van der Waals surface area (Å²) in [7, 11) is 0. The number of nitrogens with zero attached hydrogens (tertiary/aromatic N) is 1. The molecule has 1 unspecified atom stereocenters. The molecule has 0 heterocycles. The van der Waals surface area contributed by atoms with Crippen LogP contribution in [0.5, 0.6) is 0 Å². The zero-order chi connectivity index (χ0) is 18.2. The molecule has 0 saturated carbocycles. The van der Waals surface area contributed by atoms with Gasteiger partial charge < -0.3 is 15.7 Å². The lowest BCUT2D eigenvalue weighted by Gasteiger charge is -2.18. The number of rotatable bonds is 6. The molecule has 3 N–H and O–H groups in total. The van der Waals surface area contributed by atoms with Crippen LogP contribution in [0, 0.1) is 11.3 Å². The Morgan fingerprint density at radius 2 is 1.76 bits per heavy atom. The van der Waals surface area contributed by atoms with Crippen molar-refractivity contribution in [3.8, 4) is 6.07 Å². The van der Waals surface area contributed by atoms with E-state index < -0.39 is 18.0 Å². The maximum absolute atomic E-state index is 12.2. The topological polar surface area (TPSA) is 102 Å². The molecule has 0 radical (unpaired) electrons. The van der Waals surface area contributed by atoms with E-state index in [1.807, 2.05) is 37.3 Å². The van der Waals surface area contributed by atoms with E-state index in [0.717, 1.165) is 17.5 Å². The van der Waals surface area contributed by atoms with Crippen LogP contribution in [0.15, 0.2) is 48.5 Å². The summed E-state index contributed by atoms with van der Waals surface area (Å²) in [6.07, 6.45) is 0.669. The fourth-order valence-electron chi connectivity index (χ4n) is 2.37. The van der Waals surface area contributed by atoms with E-state index in [1.165, 1.54) is 0 Å². The van der Waals surface area contributed by atoms with Gasteiger partial charge in [0.15, 0.2) is 0 Å². The molecule has 0 aromatic heterocycles. The number of amides is 2. The number of carboxylic acids is 1. The highest BCUT2D eigenvalue weighted by Gasteiger charge is 2.18. The summed E-state index contributed by atoms with van der Waals surface area (Å²) in [5.74, 6) is -0.997. The second kappa shape index (κ2) is 8.50. The first-order valence-corrected chi connectivity index (χ1v) is 7.90. The van der Waals surface area contributed by atoms with Crippen molar-refractivity contribution in [3.63, 3.8) is 0 Å². The molecule has 6 heteroatoms. The Labute approximate surface area is 146 Å². The van der Waals surface area contributed by atoms with Crippen molar-refractivity contribution in [1.29, 1.82) is 5.26 Å². The molecule has 0 bridgehead atoms. The Bertz CT molecular complexity index is 777. The number of hydrogen-bond donors (Lipinski definition) is 3. The van der Waals surface area contributed by atoms with Crippen LogP contribution in [0.1, 0.15) is 36.1 Å². The maximum atomic E-state index is 12.2. The minimum atomic E-state index is -0.997. The molecule has 0 spiro atoms. The minimum Gasteiger partial charge on any atom is -0.481 e. The average Bonchev–Trinajstić information content (AvgIpc) is 2.61. The largest absolute Gasteiger partial charge is 0.481 e. The molecule has 128 valence electrons. The number of benzene rings is 2. The van der Waals surface area contributed by atoms with Crippen LogP contribution in [-0.2, 0) is 11.2 Å². The van der Waals surface area contributed by atoms with Gasteiger partial charge in [0.25, 0.3) is 0 Å². The lowest BCUT2D eigenvalue weighted by Crippen LogP contribution is -2.33. The average molecular weight is 337 g/mol. The highest BCUT2D eigenvalue weighted by atomic mass is 16.4. The summed E-state index contributed by atoms with van der Waals surface area (Å²) in [6, 6.07) is 14.8. The zero-order valence-electron chi connectivity index (χ0n) is 13.8. The lowest BCUT2D eigenvalue weighted by molar-refractivity contribution is -0.137. The Morgan fingerprint density at radius 1 is 1.12 bits per heavy atom. The number of carbonyl (C=O) groups excluding carboxylic acids is 1. The molecule has 2 amide bonds. The fraction of sp³-hybridized carbons (Fsp3) is 0.211. The van der Waals surface area contributed by atoms with Crippen molar-refractivity contribution in [2.45, 2.75) is 25.8 Å². The number of urea groups is 1. The third-order valence-electron chi connectivity index (χ3n) is 3.75. The van der Waals surface area contributed by atoms with Gasteiger partial charge in [0.05, 0.1) is 24.1 Å². The number of nitriles is 1. The number of aliphatic carboxylic acids is 1. The smallest absolute Gasteiger partial charge is 0.319 e. The van der Waals surface area contributed by atoms with Gasteiger partial charge in [-0.2, -0.15) is 5.26 Å². The third kappa shape index (κ3) is 5.36. The molecule has 2 rings (SSSR count). The summed E-state index contributed by atoms with van der Waals surface area (Å²) in [4.78, 5) is 23.3. The van der Waals surface area contributed by atoms with Gasteiger partial charge in [0, 0.05) is 5.69 Å². The molecule has 2 aromatic rings. The third-order valence-corrected chi connectivity index (χ3v) is 3.75. The van der Waals surface area contributed by atoms with E-state index in [2.05, 4.69) is 10.6 Å². The summed E-state index contributed by atoms with van der Waals surface area (Å²) in [6.45, 7) is 2.03. The predicted octanol–water partition coefficient (Wildman–Crippen LogP) is 3.46. The minimum absolute atomic E-state index is 0.216. The molecule has 6 nitrogen and oxygen atoms in total. The van der Waals surface area contributed by atoms with Gasteiger partial charge in [-0.3, -0.25) is 4.79 Å². The quantitative estimate of drug-likeness (QED) is 0.751. The number of aryl methyl sites for hydroxylation is 1. The van der Waals surface area contributed by atoms with Crippen molar-refractivity contribution < 1.29 is 14.7 Å². The highest BCUT2D eigenvalue weighted by Crippen LogP contribution is 2.18. The van der Waals surface area contributed by atoms with Crippen LogP contribution in [-0.4, -0.2) is 17.1 Å². The Hall–Kier alpha value is -3.33. The number of anilines is 1. The summed E-state index contributed by atoms with van der Waals surface area (Å²) >= 11 is 0. The van der Waals surface area contributed by atoms with Crippen molar-refractivity contribution in [2.24, 2.45) is 0 Å². The van der Waals surface area contributed by atoms with Crippen molar-refractivity contribution in [3.05, 3.63) is 65.2 Å². The Kier molecular flexibility index (Phi) is 6.13. The van der Waals surface area contributed by atoms with Crippen LogP contribution in [0.4, 0.5) is 10.5 Å². The summed E-state index contributed by atoms with van der Waals surface area (Å²) < 4.78 is 0. The van der Waals surface area contributed by atoms with Crippen LogP contribution in [0.25, 0.3) is 0 Å². The van der Waals surface area contributed by atoms with E-state index in [0.29, 0.717) is 11.3 Å². The zero-order valence-corrected chi connectivity index (χ0v) is 13.8. The molecule has 25 heavy (non-hydrogen) atoms. The van der Waals surface area contributed by atoms with E-state index in [-0.39, 0.29) is 6.42 Å². The lowest BCUT2D eigenvalue weighted by atomic mass is 10.0. The number of nitrogens with one attached hydrogen (secondary N) is 2. The molecule has 1 atom stereocenters. The monoisotopic (exact) mass is 337 g/mol. The van der Waals surface area contributed by atoms with Gasteiger partial charge in [0.1, 0.15) is 0 Å². The molecule has 0 saturated heterocycles. The Balaban J connectivity index is 2.08. The molecule has 0 aliphatic heterocycles. The first-order valence-electron chi connectivity index (χ1n) is 7.90.